The molecule has 4 heterocycles. The lowest BCUT2D eigenvalue weighted by atomic mass is 9.99. The number of piperidine rings is 1. The maximum Gasteiger partial charge on any atom is 0.262 e. The van der Waals surface area contributed by atoms with Gasteiger partial charge in [0.1, 0.15) is 18.5 Å². The molecule has 2 aromatic carbocycles. The Labute approximate surface area is 222 Å². The lowest BCUT2D eigenvalue weighted by Gasteiger charge is -2.38. The van der Waals surface area contributed by atoms with E-state index in [9.17, 15) is 4.79 Å². The highest BCUT2D eigenvalue weighted by Crippen LogP contribution is 2.37. The van der Waals surface area contributed by atoms with Gasteiger partial charge >= 0.3 is 0 Å². The van der Waals surface area contributed by atoms with Gasteiger partial charge in [-0.25, -0.2) is 4.39 Å². The summed E-state index contributed by atoms with van der Waals surface area (Å²) in [7, 11) is 1.73. The van der Waals surface area contributed by atoms with Gasteiger partial charge in [0.05, 0.1) is 18.4 Å². The summed E-state index contributed by atoms with van der Waals surface area (Å²) in [5, 5.41) is 1.33. The van der Waals surface area contributed by atoms with Crippen molar-refractivity contribution in [1.82, 2.24) is 9.47 Å². The van der Waals surface area contributed by atoms with Crippen LogP contribution in [0.3, 0.4) is 0 Å². The van der Waals surface area contributed by atoms with E-state index in [0.717, 1.165) is 63.7 Å². The monoisotopic (exact) mass is 522 g/mol. The van der Waals surface area contributed by atoms with Gasteiger partial charge < -0.3 is 18.9 Å². The quantitative estimate of drug-likeness (QED) is 0.406. The molecule has 0 unspecified atom stereocenters. The van der Waals surface area contributed by atoms with E-state index in [1.807, 2.05) is 12.1 Å². The molecule has 0 amide bonds. The molecule has 0 saturated carbocycles. The SMILES string of the molecule is COCCN1[C@@H]2CC[C@H]1C[C@@H](Oc1ccc(-n3ccc4cc(OC[C@H]5CCCO5)ccc4c3=O)cc1F)C2. The number of fused-ring (bicyclic) bond motifs is 3. The Morgan fingerprint density at radius 1 is 1.05 bits per heavy atom. The van der Waals surface area contributed by atoms with Crippen LogP contribution in [0.5, 0.6) is 11.5 Å². The molecular formula is C30H35FN2O5. The van der Waals surface area contributed by atoms with E-state index >= 15 is 4.39 Å². The summed E-state index contributed by atoms with van der Waals surface area (Å²) >= 11 is 0. The van der Waals surface area contributed by atoms with E-state index in [1.54, 1.807) is 37.6 Å². The summed E-state index contributed by atoms with van der Waals surface area (Å²) in [5.74, 6) is 0.488. The van der Waals surface area contributed by atoms with E-state index in [4.69, 9.17) is 18.9 Å². The van der Waals surface area contributed by atoms with E-state index in [0.29, 0.717) is 35.5 Å². The Morgan fingerprint density at radius 2 is 1.89 bits per heavy atom. The molecule has 3 aromatic rings. The molecule has 2 bridgehead atoms. The molecule has 202 valence electrons. The third-order valence-corrected chi connectivity index (χ3v) is 8.22. The van der Waals surface area contributed by atoms with Gasteiger partial charge in [-0.05, 0) is 80.3 Å². The molecule has 0 radical (unpaired) electrons. The van der Waals surface area contributed by atoms with Gasteiger partial charge in [0.2, 0.25) is 0 Å². The second-order valence-electron chi connectivity index (χ2n) is 10.6. The number of pyridine rings is 1. The fourth-order valence-corrected chi connectivity index (χ4v) is 6.28. The number of ether oxygens (including phenoxy) is 4. The second-order valence-corrected chi connectivity index (χ2v) is 10.6. The fourth-order valence-electron chi connectivity index (χ4n) is 6.28. The highest BCUT2D eigenvalue weighted by Gasteiger charge is 2.41. The van der Waals surface area contributed by atoms with Crippen molar-refractivity contribution in [3.8, 4) is 17.2 Å². The second kappa shape index (κ2) is 11.0. The number of hydrogen-bond acceptors (Lipinski definition) is 6. The molecular weight excluding hydrogens is 487 g/mol. The Kier molecular flexibility index (Phi) is 7.37. The number of hydrogen-bond donors (Lipinski definition) is 0. The van der Waals surface area contributed by atoms with Crippen molar-refractivity contribution in [2.24, 2.45) is 0 Å². The molecule has 0 spiro atoms. The summed E-state index contributed by atoms with van der Waals surface area (Å²) in [5.41, 5.74) is 0.260. The molecule has 3 aliphatic heterocycles. The molecule has 4 atom stereocenters. The summed E-state index contributed by atoms with van der Waals surface area (Å²) in [4.78, 5) is 15.8. The molecule has 0 N–H and O–H groups in total. The molecule has 3 saturated heterocycles. The summed E-state index contributed by atoms with van der Waals surface area (Å²) in [6.45, 7) is 2.96. The van der Waals surface area contributed by atoms with Gasteiger partial charge in [-0.1, -0.05) is 0 Å². The van der Waals surface area contributed by atoms with Crippen molar-refractivity contribution >= 4 is 10.8 Å². The largest absolute Gasteiger partial charge is 0.491 e. The van der Waals surface area contributed by atoms with Crippen LogP contribution in [0.1, 0.15) is 38.5 Å². The predicted octanol–water partition coefficient (Wildman–Crippen LogP) is 4.71. The van der Waals surface area contributed by atoms with Crippen molar-refractivity contribution in [3.63, 3.8) is 0 Å². The van der Waals surface area contributed by atoms with E-state index in [-0.39, 0.29) is 23.5 Å². The van der Waals surface area contributed by atoms with Crippen molar-refractivity contribution in [3.05, 3.63) is 64.8 Å². The average molecular weight is 523 g/mol. The van der Waals surface area contributed by atoms with E-state index in [2.05, 4.69) is 4.90 Å². The standard InChI is InChI=1S/C30H35FN2O5/c1-35-14-12-32-21-4-5-22(32)17-26(16-21)38-29-9-6-23(18-28(29)31)33-11-10-20-15-24(7-8-27(20)30(33)34)37-19-25-3-2-13-36-25/h6-11,15,18,21-22,25-26H,2-5,12-14,16-17,19H2,1H3/t21-,22+,25-,26+/m1/s1. The number of rotatable bonds is 9. The average Bonchev–Trinajstić information content (AvgIpc) is 3.53. The molecule has 1 aromatic heterocycles. The van der Waals surface area contributed by atoms with Crippen molar-refractivity contribution in [2.45, 2.75) is 62.8 Å². The number of methoxy groups -OCH3 is 1. The van der Waals surface area contributed by atoms with Crippen LogP contribution in [0.2, 0.25) is 0 Å². The lowest BCUT2D eigenvalue weighted by molar-refractivity contribution is 0.0316. The maximum absolute atomic E-state index is 15.2. The Bertz CT molecular complexity index is 1320. The van der Waals surface area contributed by atoms with Crippen LogP contribution in [0, 0.1) is 5.82 Å². The van der Waals surface area contributed by atoms with Crippen molar-refractivity contribution in [1.29, 1.82) is 0 Å². The summed E-state index contributed by atoms with van der Waals surface area (Å²) in [6.07, 6.45) is 7.97. The van der Waals surface area contributed by atoms with Crippen LogP contribution >= 0.6 is 0 Å². The highest BCUT2D eigenvalue weighted by molar-refractivity contribution is 5.83. The van der Waals surface area contributed by atoms with Gasteiger partial charge in [-0.15, -0.1) is 0 Å². The minimum Gasteiger partial charge on any atom is -0.491 e. The van der Waals surface area contributed by atoms with Gasteiger partial charge in [0, 0.05) is 50.0 Å². The number of aromatic nitrogens is 1. The normalized spacial score (nSPS) is 25.2. The molecule has 6 rings (SSSR count). The Morgan fingerprint density at radius 3 is 2.63 bits per heavy atom. The van der Waals surface area contributed by atoms with Crippen LogP contribution in [-0.4, -0.2) is 67.2 Å². The number of nitrogens with zero attached hydrogens (tertiary/aromatic N) is 2. The van der Waals surface area contributed by atoms with Crippen molar-refractivity contribution in [2.75, 3.05) is 33.5 Å². The van der Waals surface area contributed by atoms with Crippen LogP contribution < -0.4 is 15.0 Å². The molecule has 3 fully saturated rings. The first-order chi connectivity index (χ1) is 18.6. The molecule has 0 aliphatic carbocycles. The topological polar surface area (TPSA) is 62.2 Å². The van der Waals surface area contributed by atoms with E-state index < -0.39 is 5.82 Å². The molecule has 7 nitrogen and oxygen atoms in total. The van der Waals surface area contributed by atoms with Gasteiger partial charge in [-0.2, -0.15) is 0 Å². The zero-order chi connectivity index (χ0) is 26.1. The third kappa shape index (κ3) is 5.17. The third-order valence-electron chi connectivity index (χ3n) is 8.22. The molecule has 8 heteroatoms. The van der Waals surface area contributed by atoms with Crippen molar-refractivity contribution < 1.29 is 23.3 Å². The Hall–Kier alpha value is -2.94. The molecule has 38 heavy (non-hydrogen) atoms. The Balaban J connectivity index is 1.14. The van der Waals surface area contributed by atoms with Crippen LogP contribution in [0.4, 0.5) is 4.39 Å². The minimum atomic E-state index is -0.457. The van der Waals surface area contributed by atoms with Gasteiger partial charge in [0.25, 0.3) is 5.56 Å². The summed E-state index contributed by atoms with van der Waals surface area (Å²) < 4.78 is 39.5. The zero-order valence-corrected chi connectivity index (χ0v) is 21.8. The maximum atomic E-state index is 15.2. The minimum absolute atomic E-state index is 0.00770. The first kappa shape index (κ1) is 25.3. The van der Waals surface area contributed by atoms with Crippen LogP contribution in [-0.2, 0) is 9.47 Å². The smallest absolute Gasteiger partial charge is 0.262 e. The predicted molar refractivity (Wildman–Crippen MR) is 143 cm³/mol. The first-order valence-corrected chi connectivity index (χ1v) is 13.7. The van der Waals surface area contributed by atoms with Crippen LogP contribution in [0.25, 0.3) is 16.5 Å². The first-order valence-electron chi connectivity index (χ1n) is 13.7. The van der Waals surface area contributed by atoms with Gasteiger partial charge in [-0.3, -0.25) is 14.3 Å². The van der Waals surface area contributed by atoms with Crippen LogP contribution in [0.15, 0.2) is 53.5 Å². The van der Waals surface area contributed by atoms with Gasteiger partial charge in [0.15, 0.2) is 11.6 Å². The highest BCUT2D eigenvalue weighted by atomic mass is 19.1. The molecule has 3 aliphatic rings. The number of halogens is 1. The fraction of sp³-hybridized carbons (Fsp3) is 0.500. The lowest BCUT2D eigenvalue weighted by Crippen LogP contribution is -2.47. The van der Waals surface area contributed by atoms with E-state index in [1.165, 1.54) is 10.6 Å². The summed E-state index contributed by atoms with van der Waals surface area (Å²) in [6, 6.07) is 13.0. The number of benzene rings is 2. The zero-order valence-electron chi connectivity index (χ0n) is 21.8.